The summed E-state index contributed by atoms with van der Waals surface area (Å²) in [4.78, 5) is 4.36. The second-order valence-electron chi connectivity index (χ2n) is 2.98. The Kier molecular flexibility index (Phi) is 5.10. The molecule has 0 unspecified atom stereocenters. The van der Waals surface area contributed by atoms with Gasteiger partial charge in [0.1, 0.15) is 5.82 Å². The van der Waals surface area contributed by atoms with Crippen molar-refractivity contribution in [2.75, 3.05) is 19.5 Å². The van der Waals surface area contributed by atoms with E-state index in [9.17, 15) is 0 Å². The van der Waals surface area contributed by atoms with E-state index in [0.717, 1.165) is 15.1 Å². The summed E-state index contributed by atoms with van der Waals surface area (Å²) in [6.45, 7) is 0. The molecule has 0 atom stereocenters. The molecule has 0 aliphatic heterocycles. The molecular formula is C11H14IN3O. The van der Waals surface area contributed by atoms with Crippen LogP contribution in [0.1, 0.15) is 5.69 Å². The van der Waals surface area contributed by atoms with E-state index in [4.69, 9.17) is 10.5 Å². The van der Waals surface area contributed by atoms with Gasteiger partial charge in [-0.1, -0.05) is 6.07 Å². The monoisotopic (exact) mass is 331 g/mol. The van der Waals surface area contributed by atoms with E-state index in [0.29, 0.717) is 5.88 Å². The number of halogens is 1. The van der Waals surface area contributed by atoms with Crippen LogP contribution in [0.2, 0.25) is 0 Å². The zero-order chi connectivity index (χ0) is 12.0. The Morgan fingerprint density at radius 1 is 1.56 bits per heavy atom. The van der Waals surface area contributed by atoms with Gasteiger partial charge < -0.3 is 15.8 Å². The van der Waals surface area contributed by atoms with Gasteiger partial charge in [-0.15, -0.1) is 0 Å². The minimum atomic E-state index is 0.380. The van der Waals surface area contributed by atoms with E-state index < -0.39 is 0 Å². The Balaban J connectivity index is 2.89. The number of anilines is 1. The average molecular weight is 331 g/mol. The molecule has 0 fully saturated rings. The molecule has 1 aromatic heterocycles. The summed E-state index contributed by atoms with van der Waals surface area (Å²) < 4.78 is 5.82. The topological polar surface area (TPSA) is 60.2 Å². The summed E-state index contributed by atoms with van der Waals surface area (Å²) in [5.74, 6) is 1.21. The van der Waals surface area contributed by atoms with Crippen molar-refractivity contribution >= 4 is 34.5 Å². The molecule has 0 spiro atoms. The van der Waals surface area contributed by atoms with Gasteiger partial charge in [-0.2, -0.15) is 0 Å². The molecule has 0 aliphatic carbocycles. The fraction of sp³-hybridized carbons (Fsp3) is 0.182. The molecule has 0 amide bonds. The quantitative estimate of drug-likeness (QED) is 0.505. The van der Waals surface area contributed by atoms with Crippen LogP contribution in [0.25, 0.3) is 6.08 Å². The van der Waals surface area contributed by atoms with Gasteiger partial charge in [0.25, 0.3) is 0 Å². The van der Waals surface area contributed by atoms with Crippen LogP contribution in [0.5, 0.6) is 0 Å². The van der Waals surface area contributed by atoms with E-state index in [1.54, 1.807) is 6.08 Å². The lowest BCUT2D eigenvalue weighted by Gasteiger charge is -2.01. The van der Waals surface area contributed by atoms with E-state index in [1.165, 1.54) is 7.11 Å². The van der Waals surface area contributed by atoms with Crippen molar-refractivity contribution in [3.63, 3.8) is 0 Å². The van der Waals surface area contributed by atoms with Crippen molar-refractivity contribution in [2.24, 2.45) is 5.73 Å². The lowest BCUT2D eigenvalue weighted by atomic mass is 10.3. The Morgan fingerprint density at radius 3 is 2.94 bits per heavy atom. The van der Waals surface area contributed by atoms with E-state index in [2.05, 4.69) is 32.9 Å². The van der Waals surface area contributed by atoms with Crippen LogP contribution in [-0.2, 0) is 4.74 Å². The van der Waals surface area contributed by atoms with Crippen molar-refractivity contribution in [1.29, 1.82) is 0 Å². The first-order valence-electron chi connectivity index (χ1n) is 4.69. The third-order valence-corrected chi connectivity index (χ3v) is 2.45. The first-order valence-corrected chi connectivity index (χ1v) is 5.76. The van der Waals surface area contributed by atoms with Crippen molar-refractivity contribution < 1.29 is 4.74 Å². The highest BCUT2D eigenvalue weighted by Crippen LogP contribution is 2.15. The Hall–Kier alpha value is -1.24. The van der Waals surface area contributed by atoms with Crippen LogP contribution >= 0.6 is 22.6 Å². The maximum atomic E-state index is 5.54. The standard InChI is InChI=1S/C11H14IN3O/c1-14-11-5-3-4-9(15-11)6-8(12)7-10(13)16-2/h3-7H,13H2,1-2H3,(H,14,15)/b8-6-,10-7+. The second-order valence-corrected chi connectivity index (χ2v) is 4.22. The SMILES string of the molecule is CNc1cccc(/C=C(I)/C=C(\N)OC)n1. The Labute approximate surface area is 109 Å². The number of aromatic nitrogens is 1. The van der Waals surface area contributed by atoms with Gasteiger partial charge in [-0.3, -0.25) is 0 Å². The number of rotatable bonds is 4. The summed E-state index contributed by atoms with van der Waals surface area (Å²) in [7, 11) is 3.37. The van der Waals surface area contributed by atoms with Crippen LogP contribution in [0, 0.1) is 0 Å². The third-order valence-electron chi connectivity index (χ3n) is 1.83. The number of hydrogen-bond donors (Lipinski definition) is 2. The molecule has 3 N–H and O–H groups in total. The summed E-state index contributed by atoms with van der Waals surface area (Å²) >= 11 is 2.17. The lowest BCUT2D eigenvalue weighted by molar-refractivity contribution is 0.287. The minimum Gasteiger partial charge on any atom is -0.483 e. The van der Waals surface area contributed by atoms with Crippen LogP contribution in [-0.4, -0.2) is 19.1 Å². The Morgan fingerprint density at radius 2 is 2.31 bits per heavy atom. The summed E-state index contributed by atoms with van der Waals surface area (Å²) in [6.07, 6.45) is 3.67. The van der Waals surface area contributed by atoms with Crippen molar-refractivity contribution in [1.82, 2.24) is 4.98 Å². The van der Waals surface area contributed by atoms with E-state index in [1.807, 2.05) is 31.3 Å². The van der Waals surface area contributed by atoms with Crippen LogP contribution < -0.4 is 11.1 Å². The van der Waals surface area contributed by atoms with Crippen molar-refractivity contribution in [3.05, 3.63) is 39.4 Å². The molecule has 0 aliphatic rings. The van der Waals surface area contributed by atoms with E-state index in [-0.39, 0.29) is 0 Å². The zero-order valence-corrected chi connectivity index (χ0v) is 11.4. The first-order chi connectivity index (χ1) is 7.65. The number of allylic oxidation sites excluding steroid dienone is 2. The highest BCUT2D eigenvalue weighted by atomic mass is 127. The normalized spacial score (nSPS) is 12.4. The smallest absolute Gasteiger partial charge is 0.184 e. The molecule has 0 aromatic carbocycles. The van der Waals surface area contributed by atoms with Crippen molar-refractivity contribution in [2.45, 2.75) is 0 Å². The molecule has 4 nitrogen and oxygen atoms in total. The summed E-state index contributed by atoms with van der Waals surface area (Å²) in [5, 5.41) is 2.98. The lowest BCUT2D eigenvalue weighted by Crippen LogP contribution is -1.98. The van der Waals surface area contributed by atoms with Gasteiger partial charge in [0.05, 0.1) is 12.8 Å². The van der Waals surface area contributed by atoms with Gasteiger partial charge in [-0.25, -0.2) is 4.98 Å². The Bertz CT molecular complexity index is 415. The van der Waals surface area contributed by atoms with Gasteiger partial charge in [-0.05, 0) is 40.8 Å². The molecule has 0 radical (unpaired) electrons. The van der Waals surface area contributed by atoms with Crippen LogP contribution in [0.4, 0.5) is 5.82 Å². The fourth-order valence-electron chi connectivity index (χ4n) is 1.05. The zero-order valence-electron chi connectivity index (χ0n) is 9.20. The van der Waals surface area contributed by atoms with Crippen LogP contribution in [0.3, 0.4) is 0 Å². The highest BCUT2D eigenvalue weighted by Gasteiger charge is 1.95. The average Bonchev–Trinajstić information content (AvgIpc) is 2.28. The molecule has 1 heterocycles. The van der Waals surface area contributed by atoms with E-state index >= 15 is 0 Å². The number of nitrogens with two attached hydrogens (primary N) is 1. The van der Waals surface area contributed by atoms with Gasteiger partial charge >= 0.3 is 0 Å². The number of ether oxygens (including phenoxy) is 1. The predicted molar refractivity (Wildman–Crippen MR) is 75.1 cm³/mol. The number of nitrogens with one attached hydrogen (secondary N) is 1. The maximum absolute atomic E-state index is 5.54. The van der Waals surface area contributed by atoms with Crippen LogP contribution in [0.15, 0.2) is 33.7 Å². The molecule has 0 saturated carbocycles. The minimum absolute atomic E-state index is 0.380. The summed E-state index contributed by atoms with van der Waals surface area (Å²) in [6, 6.07) is 5.78. The number of nitrogens with zero attached hydrogens (tertiary/aromatic N) is 1. The van der Waals surface area contributed by atoms with Crippen molar-refractivity contribution in [3.8, 4) is 0 Å². The fourth-order valence-corrected chi connectivity index (χ4v) is 1.67. The molecule has 1 aromatic rings. The molecule has 5 heteroatoms. The molecule has 16 heavy (non-hydrogen) atoms. The molecule has 0 bridgehead atoms. The predicted octanol–water partition coefficient (Wildman–Crippen LogP) is 2.35. The number of hydrogen-bond acceptors (Lipinski definition) is 4. The van der Waals surface area contributed by atoms with Gasteiger partial charge in [0, 0.05) is 16.7 Å². The molecule has 86 valence electrons. The molecule has 1 rings (SSSR count). The molecule has 0 saturated heterocycles. The highest BCUT2D eigenvalue weighted by molar-refractivity contribution is 14.1. The molecular weight excluding hydrogens is 317 g/mol. The summed E-state index contributed by atoms with van der Waals surface area (Å²) in [5.41, 5.74) is 6.42. The van der Waals surface area contributed by atoms with Gasteiger partial charge in [0.2, 0.25) is 0 Å². The number of methoxy groups -OCH3 is 1. The first kappa shape index (κ1) is 12.8. The second kappa shape index (κ2) is 6.37. The third kappa shape index (κ3) is 4.09. The maximum Gasteiger partial charge on any atom is 0.184 e. The largest absolute Gasteiger partial charge is 0.483 e. The van der Waals surface area contributed by atoms with Gasteiger partial charge in [0.15, 0.2) is 5.88 Å². The number of pyridine rings is 1.